The Balaban J connectivity index is 2.13. The molecule has 1 amide bonds. The molecule has 4 nitrogen and oxygen atoms in total. The van der Waals surface area contributed by atoms with Crippen molar-refractivity contribution in [3.63, 3.8) is 0 Å². The predicted molar refractivity (Wildman–Crippen MR) is 101 cm³/mol. The molecule has 2 rings (SSSR count). The van der Waals surface area contributed by atoms with Gasteiger partial charge in [0.05, 0.1) is 24.4 Å². The lowest BCUT2D eigenvalue weighted by Gasteiger charge is -2.11. The van der Waals surface area contributed by atoms with Gasteiger partial charge in [-0.25, -0.2) is 0 Å². The zero-order valence-corrected chi connectivity index (χ0v) is 15.9. The standard InChI is InChI=1S/C18H17BrClNO3/c1-11-8-15(17(24-3)10-14(11)20)21-18(22)7-5-12-4-6-16(23-2)13(19)9-12/h4-10H,1-3H3,(H,21,22)/b7-5+. The molecule has 0 aliphatic carbocycles. The molecule has 0 saturated heterocycles. The number of aryl methyl sites for hydroxylation is 1. The first-order chi connectivity index (χ1) is 11.4. The van der Waals surface area contributed by atoms with Gasteiger partial charge in [-0.15, -0.1) is 0 Å². The highest BCUT2D eigenvalue weighted by molar-refractivity contribution is 9.10. The van der Waals surface area contributed by atoms with E-state index in [0.29, 0.717) is 16.5 Å². The van der Waals surface area contributed by atoms with Crippen LogP contribution in [-0.4, -0.2) is 20.1 Å². The molecule has 0 heterocycles. The molecule has 0 aliphatic heterocycles. The Morgan fingerprint density at radius 3 is 2.50 bits per heavy atom. The van der Waals surface area contributed by atoms with Gasteiger partial charge in [0.1, 0.15) is 11.5 Å². The molecule has 2 aromatic carbocycles. The second kappa shape index (κ2) is 8.22. The van der Waals surface area contributed by atoms with Crippen LogP contribution in [0.3, 0.4) is 0 Å². The fourth-order valence-electron chi connectivity index (χ4n) is 2.06. The summed E-state index contributed by atoms with van der Waals surface area (Å²) in [5.74, 6) is 0.986. The van der Waals surface area contributed by atoms with Crippen LogP contribution in [0.15, 0.2) is 40.9 Å². The van der Waals surface area contributed by atoms with E-state index in [1.807, 2.05) is 25.1 Å². The van der Waals surface area contributed by atoms with Crippen molar-refractivity contribution in [2.24, 2.45) is 0 Å². The Morgan fingerprint density at radius 2 is 1.88 bits per heavy atom. The van der Waals surface area contributed by atoms with Crippen LogP contribution in [0.5, 0.6) is 11.5 Å². The lowest BCUT2D eigenvalue weighted by molar-refractivity contribution is -0.111. The van der Waals surface area contributed by atoms with Crippen molar-refractivity contribution in [3.8, 4) is 11.5 Å². The summed E-state index contributed by atoms with van der Waals surface area (Å²) in [7, 11) is 3.13. The monoisotopic (exact) mass is 409 g/mol. The maximum Gasteiger partial charge on any atom is 0.248 e. The van der Waals surface area contributed by atoms with E-state index in [4.69, 9.17) is 21.1 Å². The highest BCUT2D eigenvalue weighted by atomic mass is 79.9. The predicted octanol–water partition coefficient (Wildman–Crippen LogP) is 5.08. The van der Waals surface area contributed by atoms with Crippen LogP contribution in [0.2, 0.25) is 5.02 Å². The highest BCUT2D eigenvalue weighted by Crippen LogP contribution is 2.31. The first-order valence-electron chi connectivity index (χ1n) is 7.11. The first kappa shape index (κ1) is 18.4. The van der Waals surface area contributed by atoms with Crippen LogP contribution < -0.4 is 14.8 Å². The molecule has 0 unspecified atom stereocenters. The Bertz CT molecular complexity index is 790. The van der Waals surface area contributed by atoms with Crippen LogP contribution in [0.25, 0.3) is 6.08 Å². The summed E-state index contributed by atoms with van der Waals surface area (Å²) in [5, 5.41) is 3.38. The van der Waals surface area contributed by atoms with Gasteiger partial charge in [-0.2, -0.15) is 0 Å². The Hall–Kier alpha value is -1.98. The van der Waals surface area contributed by atoms with E-state index in [0.717, 1.165) is 21.3 Å². The maximum atomic E-state index is 12.1. The fraction of sp³-hybridized carbons (Fsp3) is 0.167. The topological polar surface area (TPSA) is 47.6 Å². The number of hydrogen-bond donors (Lipinski definition) is 1. The number of rotatable bonds is 5. The van der Waals surface area contributed by atoms with E-state index in [1.165, 1.54) is 13.2 Å². The smallest absolute Gasteiger partial charge is 0.248 e. The molecule has 6 heteroatoms. The Morgan fingerprint density at radius 1 is 1.17 bits per heavy atom. The average Bonchev–Trinajstić information content (AvgIpc) is 2.56. The van der Waals surface area contributed by atoms with Crippen molar-refractivity contribution in [1.82, 2.24) is 0 Å². The van der Waals surface area contributed by atoms with Crippen molar-refractivity contribution in [2.45, 2.75) is 6.92 Å². The molecule has 0 fully saturated rings. The molecule has 0 spiro atoms. The van der Waals surface area contributed by atoms with Gasteiger partial charge in [-0.1, -0.05) is 17.7 Å². The van der Waals surface area contributed by atoms with Crippen LogP contribution >= 0.6 is 27.5 Å². The van der Waals surface area contributed by atoms with Crippen LogP contribution in [-0.2, 0) is 4.79 Å². The van der Waals surface area contributed by atoms with E-state index >= 15 is 0 Å². The third-order valence-corrected chi connectivity index (χ3v) is 4.37. The Labute approximate surface area is 154 Å². The van der Waals surface area contributed by atoms with Gasteiger partial charge in [-0.05, 0) is 58.3 Å². The van der Waals surface area contributed by atoms with E-state index in [1.54, 1.807) is 25.3 Å². The molecule has 126 valence electrons. The number of methoxy groups -OCH3 is 2. The number of hydrogen-bond acceptors (Lipinski definition) is 3. The average molecular weight is 411 g/mol. The van der Waals surface area contributed by atoms with Gasteiger partial charge < -0.3 is 14.8 Å². The number of nitrogens with one attached hydrogen (secondary N) is 1. The number of halogens is 2. The molecule has 0 bridgehead atoms. The quantitative estimate of drug-likeness (QED) is 0.699. The molecule has 0 aliphatic rings. The molecule has 2 aromatic rings. The zero-order valence-electron chi connectivity index (χ0n) is 13.5. The molecule has 1 N–H and O–H groups in total. The normalized spacial score (nSPS) is 10.7. The van der Waals surface area contributed by atoms with Gasteiger partial charge in [0.2, 0.25) is 5.91 Å². The zero-order chi connectivity index (χ0) is 17.7. The molecular weight excluding hydrogens is 394 g/mol. The molecule has 24 heavy (non-hydrogen) atoms. The van der Waals surface area contributed by atoms with Crippen LogP contribution in [0, 0.1) is 6.92 Å². The summed E-state index contributed by atoms with van der Waals surface area (Å²) in [6.07, 6.45) is 3.17. The number of ether oxygens (including phenoxy) is 2. The first-order valence-corrected chi connectivity index (χ1v) is 8.28. The third-order valence-electron chi connectivity index (χ3n) is 3.34. The van der Waals surface area contributed by atoms with E-state index in [9.17, 15) is 4.79 Å². The number of carbonyl (C=O) groups excluding carboxylic acids is 1. The van der Waals surface area contributed by atoms with Crippen molar-refractivity contribution in [2.75, 3.05) is 19.5 Å². The number of benzene rings is 2. The number of carbonyl (C=O) groups is 1. The van der Waals surface area contributed by atoms with Crippen molar-refractivity contribution in [1.29, 1.82) is 0 Å². The van der Waals surface area contributed by atoms with Crippen molar-refractivity contribution < 1.29 is 14.3 Å². The van der Waals surface area contributed by atoms with Crippen LogP contribution in [0.4, 0.5) is 5.69 Å². The van der Waals surface area contributed by atoms with E-state index < -0.39 is 0 Å². The van der Waals surface area contributed by atoms with Crippen molar-refractivity contribution >= 4 is 45.2 Å². The highest BCUT2D eigenvalue weighted by Gasteiger charge is 2.09. The number of amides is 1. The molecular formula is C18H17BrClNO3. The van der Waals surface area contributed by atoms with Gasteiger partial charge in [0.25, 0.3) is 0 Å². The molecule has 0 saturated carbocycles. The summed E-state index contributed by atoms with van der Waals surface area (Å²) in [6, 6.07) is 9.01. The molecule has 0 aromatic heterocycles. The summed E-state index contributed by atoms with van der Waals surface area (Å²) in [5.41, 5.74) is 2.30. The largest absolute Gasteiger partial charge is 0.496 e. The van der Waals surface area contributed by atoms with Crippen LogP contribution in [0.1, 0.15) is 11.1 Å². The lowest BCUT2D eigenvalue weighted by Crippen LogP contribution is -2.09. The number of anilines is 1. The van der Waals surface area contributed by atoms with Gasteiger partial charge in [-0.3, -0.25) is 4.79 Å². The van der Waals surface area contributed by atoms with Gasteiger partial charge in [0, 0.05) is 17.2 Å². The summed E-state index contributed by atoms with van der Waals surface area (Å²) in [6.45, 7) is 1.86. The minimum Gasteiger partial charge on any atom is -0.496 e. The fourth-order valence-corrected chi connectivity index (χ4v) is 2.77. The summed E-state index contributed by atoms with van der Waals surface area (Å²) >= 11 is 9.47. The molecule has 0 radical (unpaired) electrons. The minimum atomic E-state index is -0.262. The second-order valence-electron chi connectivity index (χ2n) is 5.02. The van der Waals surface area contributed by atoms with Crippen molar-refractivity contribution in [3.05, 3.63) is 57.0 Å². The summed E-state index contributed by atoms with van der Waals surface area (Å²) in [4.78, 5) is 12.1. The molecule has 0 atom stereocenters. The van der Waals surface area contributed by atoms with Gasteiger partial charge >= 0.3 is 0 Å². The second-order valence-corrected chi connectivity index (χ2v) is 6.28. The Kier molecular flexibility index (Phi) is 6.29. The SMILES string of the molecule is COc1ccc(/C=C/C(=O)Nc2cc(C)c(Cl)cc2OC)cc1Br. The van der Waals surface area contributed by atoms with E-state index in [-0.39, 0.29) is 5.91 Å². The summed E-state index contributed by atoms with van der Waals surface area (Å²) < 4.78 is 11.2. The third kappa shape index (κ3) is 4.52. The van der Waals surface area contributed by atoms with Gasteiger partial charge in [0.15, 0.2) is 0 Å². The minimum absolute atomic E-state index is 0.262. The maximum absolute atomic E-state index is 12.1. The van der Waals surface area contributed by atoms with E-state index in [2.05, 4.69) is 21.2 Å². The lowest BCUT2D eigenvalue weighted by atomic mass is 10.2.